The molecule has 1 aliphatic carbocycles. The Morgan fingerprint density at radius 1 is 0.357 bits per heavy atom. The summed E-state index contributed by atoms with van der Waals surface area (Å²) in [5.74, 6) is 0.699. The third-order valence-corrected chi connectivity index (χ3v) is 11.5. The van der Waals surface area contributed by atoms with Crippen LogP contribution in [-0.2, 0) is 5.41 Å². The first-order valence-corrected chi connectivity index (χ1v) is 19.2. The second-order valence-electron chi connectivity index (χ2n) is 14.5. The third-order valence-electron chi connectivity index (χ3n) is 11.5. The summed E-state index contributed by atoms with van der Waals surface area (Å²) < 4.78 is 2.42. The Hall–Kier alpha value is -7.36. The fraction of sp³-hybridized carbons (Fsp3) is 0.0189. The summed E-state index contributed by atoms with van der Waals surface area (Å²) >= 11 is 0. The first kappa shape index (κ1) is 32.1. The summed E-state index contributed by atoms with van der Waals surface area (Å²) in [4.78, 5) is 10.2. The second-order valence-corrected chi connectivity index (χ2v) is 14.5. The van der Waals surface area contributed by atoms with E-state index in [0.29, 0.717) is 5.82 Å². The van der Waals surface area contributed by atoms with Gasteiger partial charge in [-0.05, 0) is 75.8 Å². The Labute approximate surface area is 325 Å². The van der Waals surface area contributed by atoms with Crippen molar-refractivity contribution in [3.8, 4) is 50.7 Å². The van der Waals surface area contributed by atoms with Crippen molar-refractivity contribution in [1.82, 2.24) is 14.5 Å². The number of hydrogen-bond acceptors (Lipinski definition) is 2. The highest BCUT2D eigenvalue weighted by Gasteiger charge is 2.46. The highest BCUT2D eigenvalue weighted by molar-refractivity contribution is 6.09. The molecule has 2 heterocycles. The summed E-state index contributed by atoms with van der Waals surface area (Å²) in [6.07, 6.45) is 0. The van der Waals surface area contributed by atoms with Gasteiger partial charge in [0.15, 0.2) is 5.82 Å². The summed E-state index contributed by atoms with van der Waals surface area (Å²) in [7, 11) is 0. The Morgan fingerprint density at radius 2 is 0.875 bits per heavy atom. The normalized spacial score (nSPS) is 12.8. The van der Waals surface area contributed by atoms with Crippen molar-refractivity contribution in [2.45, 2.75) is 5.41 Å². The molecule has 2 aromatic heterocycles. The first-order valence-electron chi connectivity index (χ1n) is 19.2. The summed E-state index contributed by atoms with van der Waals surface area (Å²) in [6, 6.07) is 76.3. The van der Waals surface area contributed by atoms with Gasteiger partial charge in [0.2, 0.25) is 0 Å². The van der Waals surface area contributed by atoms with Crippen molar-refractivity contribution in [1.29, 1.82) is 0 Å². The van der Waals surface area contributed by atoms with E-state index >= 15 is 0 Å². The van der Waals surface area contributed by atoms with Crippen LogP contribution >= 0.6 is 0 Å². The predicted octanol–water partition coefficient (Wildman–Crippen LogP) is 12.9. The number of hydrogen-bond donors (Lipinski definition) is 0. The number of fused-ring (bicyclic) bond motifs is 6. The lowest BCUT2D eigenvalue weighted by Crippen LogP contribution is -2.28. The molecule has 10 aromatic rings. The number of nitrogens with zero attached hydrogens (tertiary/aromatic N) is 3. The van der Waals surface area contributed by atoms with Gasteiger partial charge in [-0.25, -0.2) is 9.97 Å². The third kappa shape index (κ3) is 4.91. The Bertz CT molecular complexity index is 2950. The molecule has 0 radical (unpaired) electrons. The maximum absolute atomic E-state index is 5.10. The lowest BCUT2D eigenvalue weighted by molar-refractivity contribution is 0.769. The molecule has 3 nitrogen and oxygen atoms in total. The van der Waals surface area contributed by atoms with Crippen LogP contribution in [0.25, 0.3) is 72.5 Å². The van der Waals surface area contributed by atoms with Gasteiger partial charge in [-0.15, -0.1) is 0 Å². The zero-order valence-corrected chi connectivity index (χ0v) is 30.5. The van der Waals surface area contributed by atoms with Crippen LogP contribution in [0, 0.1) is 0 Å². The lowest BCUT2D eigenvalue weighted by atomic mass is 9.67. The standard InChI is InChI=1S/C53H35N3/c1-4-16-36(17-5-1)48-35-49(37-18-6-2-7-19-37)55-52(54-48)38-28-31-41(32-29-38)56-50-27-15-12-24-44(50)45-33-30-40(34-51(45)56)53(39-20-8-3-9-21-39)46-25-13-10-22-42(46)43-23-11-14-26-47(43)53/h1-35H. The molecule has 11 rings (SSSR count). The minimum Gasteiger partial charge on any atom is -0.309 e. The maximum atomic E-state index is 5.10. The van der Waals surface area contributed by atoms with Crippen LogP contribution in [0.3, 0.4) is 0 Å². The van der Waals surface area contributed by atoms with Gasteiger partial charge in [-0.1, -0.05) is 170 Å². The number of aromatic nitrogens is 3. The molecule has 1 aliphatic rings. The van der Waals surface area contributed by atoms with Gasteiger partial charge in [0.1, 0.15) is 0 Å². The van der Waals surface area contributed by atoms with Gasteiger partial charge < -0.3 is 4.57 Å². The van der Waals surface area contributed by atoms with Crippen LogP contribution < -0.4 is 0 Å². The highest BCUT2D eigenvalue weighted by Crippen LogP contribution is 2.56. The van der Waals surface area contributed by atoms with Crippen molar-refractivity contribution in [3.05, 3.63) is 235 Å². The maximum Gasteiger partial charge on any atom is 0.160 e. The topological polar surface area (TPSA) is 30.7 Å². The van der Waals surface area contributed by atoms with Crippen LogP contribution in [0.4, 0.5) is 0 Å². The largest absolute Gasteiger partial charge is 0.309 e. The van der Waals surface area contributed by atoms with Gasteiger partial charge in [-0.3, -0.25) is 0 Å². The monoisotopic (exact) mass is 713 g/mol. The van der Waals surface area contributed by atoms with Gasteiger partial charge in [0.05, 0.1) is 27.8 Å². The smallest absolute Gasteiger partial charge is 0.160 e. The highest BCUT2D eigenvalue weighted by atomic mass is 15.0. The van der Waals surface area contributed by atoms with E-state index in [1.807, 2.05) is 12.1 Å². The van der Waals surface area contributed by atoms with E-state index in [2.05, 4.69) is 205 Å². The second kappa shape index (κ2) is 12.9. The molecule has 0 saturated carbocycles. The van der Waals surface area contributed by atoms with Crippen molar-refractivity contribution in [3.63, 3.8) is 0 Å². The van der Waals surface area contributed by atoms with Gasteiger partial charge in [0.25, 0.3) is 0 Å². The van der Waals surface area contributed by atoms with Crippen molar-refractivity contribution in [2.75, 3.05) is 0 Å². The number of rotatable bonds is 6. The molecular formula is C53H35N3. The molecule has 0 aliphatic heterocycles. The van der Waals surface area contributed by atoms with Crippen LogP contribution in [-0.4, -0.2) is 14.5 Å². The molecule has 0 spiro atoms. The average Bonchev–Trinajstić information content (AvgIpc) is 3.78. The first-order chi connectivity index (χ1) is 27.8. The number of benzene rings is 8. The molecule has 0 atom stereocenters. The molecule has 0 fully saturated rings. The lowest BCUT2D eigenvalue weighted by Gasteiger charge is -2.34. The average molecular weight is 714 g/mol. The Morgan fingerprint density at radius 3 is 1.50 bits per heavy atom. The fourth-order valence-corrected chi connectivity index (χ4v) is 9.04. The Kier molecular flexibility index (Phi) is 7.39. The van der Waals surface area contributed by atoms with E-state index in [9.17, 15) is 0 Å². The quantitative estimate of drug-likeness (QED) is 0.172. The molecule has 0 saturated heterocycles. The van der Waals surface area contributed by atoms with Gasteiger partial charge in [0, 0.05) is 33.2 Å². The van der Waals surface area contributed by atoms with E-state index in [1.165, 1.54) is 55.2 Å². The number of para-hydroxylation sites is 1. The van der Waals surface area contributed by atoms with E-state index in [0.717, 1.165) is 33.8 Å². The van der Waals surface area contributed by atoms with Crippen LogP contribution in [0.15, 0.2) is 212 Å². The molecule has 8 aromatic carbocycles. The van der Waals surface area contributed by atoms with Crippen molar-refractivity contribution >= 4 is 21.8 Å². The molecule has 0 amide bonds. The minimum atomic E-state index is -0.481. The molecular weight excluding hydrogens is 679 g/mol. The van der Waals surface area contributed by atoms with Gasteiger partial charge in [-0.2, -0.15) is 0 Å². The summed E-state index contributed by atoms with van der Waals surface area (Å²) in [6.45, 7) is 0. The summed E-state index contributed by atoms with van der Waals surface area (Å²) in [5, 5.41) is 2.45. The zero-order chi connectivity index (χ0) is 37.1. The zero-order valence-electron chi connectivity index (χ0n) is 30.5. The predicted molar refractivity (Wildman–Crippen MR) is 230 cm³/mol. The van der Waals surface area contributed by atoms with E-state index in [-0.39, 0.29) is 0 Å². The molecule has 0 unspecified atom stereocenters. The molecule has 0 bridgehead atoms. The Balaban J connectivity index is 1.10. The SMILES string of the molecule is c1ccc(-c2cc(-c3ccccc3)nc(-c3ccc(-n4c5ccccc5c5ccc(C6(c7ccccc7)c7ccccc7-c7ccccc76)cc54)cc3)n2)cc1. The molecule has 56 heavy (non-hydrogen) atoms. The molecule has 0 N–H and O–H groups in total. The van der Waals surface area contributed by atoms with Crippen LogP contribution in [0.1, 0.15) is 22.3 Å². The minimum absolute atomic E-state index is 0.481. The fourth-order valence-electron chi connectivity index (χ4n) is 9.04. The van der Waals surface area contributed by atoms with E-state index < -0.39 is 5.41 Å². The van der Waals surface area contributed by atoms with Gasteiger partial charge >= 0.3 is 0 Å². The molecule has 262 valence electrons. The van der Waals surface area contributed by atoms with Crippen molar-refractivity contribution in [2.24, 2.45) is 0 Å². The van der Waals surface area contributed by atoms with E-state index in [1.54, 1.807) is 0 Å². The molecule has 3 heteroatoms. The summed E-state index contributed by atoms with van der Waals surface area (Å²) in [5.41, 5.74) is 15.5. The van der Waals surface area contributed by atoms with Crippen molar-refractivity contribution < 1.29 is 0 Å². The van der Waals surface area contributed by atoms with Crippen LogP contribution in [0.5, 0.6) is 0 Å². The van der Waals surface area contributed by atoms with E-state index in [4.69, 9.17) is 9.97 Å². The van der Waals surface area contributed by atoms with Crippen LogP contribution in [0.2, 0.25) is 0 Å².